The van der Waals surface area contributed by atoms with Gasteiger partial charge in [-0.05, 0) is 12.1 Å². The van der Waals surface area contributed by atoms with E-state index in [4.69, 9.17) is 27.2 Å². The SMILES string of the molecule is N=C(Cl)c1ccccn1.O=C(O)/C=C\C(=O)O. The Morgan fingerprint density at radius 2 is 1.76 bits per heavy atom. The molecule has 17 heavy (non-hydrogen) atoms. The van der Waals surface area contributed by atoms with Crippen LogP contribution in [0.15, 0.2) is 36.5 Å². The number of pyridine rings is 1. The summed E-state index contributed by atoms with van der Waals surface area (Å²) in [5.41, 5.74) is 0.513. The highest BCUT2D eigenvalue weighted by molar-refractivity contribution is 6.68. The number of carbonyl (C=O) groups is 2. The standard InChI is InChI=1S/C6H5ClN2.C4H4O4/c7-6(8)5-3-1-2-4-9-5;5-3(6)1-2-4(7)8/h1-4,8H;1-2H,(H,5,6)(H,7,8)/b;2-1-. The first-order chi connectivity index (χ1) is 7.93. The molecule has 0 saturated heterocycles. The fourth-order valence-electron chi connectivity index (χ4n) is 0.635. The highest BCUT2D eigenvalue weighted by Gasteiger charge is 1.93. The Morgan fingerprint density at radius 1 is 1.24 bits per heavy atom. The van der Waals surface area contributed by atoms with Crippen LogP contribution in [0.2, 0.25) is 0 Å². The predicted molar refractivity (Wildman–Crippen MR) is 61.3 cm³/mol. The van der Waals surface area contributed by atoms with Crippen LogP contribution in [0.4, 0.5) is 0 Å². The van der Waals surface area contributed by atoms with Crippen molar-refractivity contribution in [2.24, 2.45) is 0 Å². The maximum atomic E-state index is 9.55. The second-order valence-electron chi connectivity index (χ2n) is 2.54. The van der Waals surface area contributed by atoms with Crippen molar-refractivity contribution in [3.8, 4) is 0 Å². The summed E-state index contributed by atoms with van der Waals surface area (Å²) in [5.74, 6) is -2.51. The van der Waals surface area contributed by atoms with Crippen molar-refractivity contribution in [2.45, 2.75) is 0 Å². The second kappa shape index (κ2) is 8.00. The molecule has 0 unspecified atom stereocenters. The summed E-state index contributed by atoms with van der Waals surface area (Å²) in [6, 6.07) is 5.26. The molecule has 1 heterocycles. The first kappa shape index (κ1) is 14.8. The molecule has 0 aliphatic heterocycles. The summed E-state index contributed by atoms with van der Waals surface area (Å²) >= 11 is 5.32. The second-order valence-corrected chi connectivity index (χ2v) is 2.92. The Hall–Kier alpha value is -2.21. The largest absolute Gasteiger partial charge is 0.478 e. The molecule has 0 radical (unpaired) electrons. The van der Waals surface area contributed by atoms with Gasteiger partial charge >= 0.3 is 11.9 Å². The molecule has 0 bridgehead atoms. The minimum absolute atomic E-state index is 0.0180. The number of nitrogens with zero attached hydrogens (tertiary/aromatic N) is 1. The van der Waals surface area contributed by atoms with E-state index >= 15 is 0 Å². The lowest BCUT2D eigenvalue weighted by Gasteiger charge is -1.89. The minimum atomic E-state index is -1.26. The van der Waals surface area contributed by atoms with Crippen molar-refractivity contribution in [2.75, 3.05) is 0 Å². The summed E-state index contributed by atoms with van der Waals surface area (Å²) < 4.78 is 0. The molecule has 0 saturated carbocycles. The van der Waals surface area contributed by atoms with E-state index in [0.29, 0.717) is 17.8 Å². The van der Waals surface area contributed by atoms with Crippen molar-refractivity contribution in [3.63, 3.8) is 0 Å². The zero-order valence-electron chi connectivity index (χ0n) is 8.50. The van der Waals surface area contributed by atoms with Crippen LogP contribution in [0.25, 0.3) is 0 Å². The molecular weight excluding hydrogens is 248 g/mol. The van der Waals surface area contributed by atoms with Crippen LogP contribution in [0, 0.1) is 5.41 Å². The number of hydrogen-bond acceptors (Lipinski definition) is 4. The molecule has 90 valence electrons. The van der Waals surface area contributed by atoms with Gasteiger partial charge in [0.15, 0.2) is 0 Å². The molecule has 0 aliphatic rings. The molecule has 0 fully saturated rings. The highest BCUT2D eigenvalue weighted by atomic mass is 35.5. The summed E-state index contributed by atoms with van der Waals surface area (Å²) in [4.78, 5) is 22.9. The number of aromatic nitrogens is 1. The molecule has 1 aromatic rings. The normalized spacial score (nSPS) is 9.24. The minimum Gasteiger partial charge on any atom is -0.478 e. The van der Waals surface area contributed by atoms with Gasteiger partial charge in [0, 0.05) is 18.3 Å². The van der Waals surface area contributed by atoms with Gasteiger partial charge in [-0.15, -0.1) is 0 Å². The fraction of sp³-hybridized carbons (Fsp3) is 0. The van der Waals surface area contributed by atoms with Crippen LogP contribution >= 0.6 is 11.6 Å². The molecule has 1 rings (SSSR count). The number of halogens is 1. The number of carboxylic acids is 2. The quantitative estimate of drug-likeness (QED) is 0.558. The topological polar surface area (TPSA) is 111 Å². The van der Waals surface area contributed by atoms with Crippen molar-refractivity contribution in [3.05, 3.63) is 42.2 Å². The maximum absolute atomic E-state index is 9.55. The van der Waals surface area contributed by atoms with Gasteiger partial charge in [0.05, 0.1) is 5.69 Å². The zero-order valence-corrected chi connectivity index (χ0v) is 9.26. The average molecular weight is 257 g/mol. The van der Waals surface area contributed by atoms with Gasteiger partial charge in [-0.3, -0.25) is 10.4 Å². The molecule has 1 aromatic heterocycles. The highest BCUT2D eigenvalue weighted by Crippen LogP contribution is 1.96. The number of carboxylic acid groups (broad SMARTS) is 2. The van der Waals surface area contributed by atoms with Gasteiger partial charge in [0.1, 0.15) is 5.17 Å². The molecule has 0 atom stereocenters. The number of hydrogen-bond donors (Lipinski definition) is 3. The molecule has 0 amide bonds. The van der Waals surface area contributed by atoms with E-state index in [9.17, 15) is 9.59 Å². The molecule has 0 aliphatic carbocycles. The summed E-state index contributed by atoms with van der Waals surface area (Å²) in [6.45, 7) is 0. The van der Waals surface area contributed by atoms with Crippen LogP contribution < -0.4 is 0 Å². The van der Waals surface area contributed by atoms with Gasteiger partial charge in [-0.25, -0.2) is 9.59 Å². The maximum Gasteiger partial charge on any atom is 0.328 e. The Bertz CT molecular complexity index is 415. The third-order valence-corrected chi connectivity index (χ3v) is 1.45. The summed E-state index contributed by atoms with van der Waals surface area (Å²) in [5, 5.41) is 22.5. The van der Waals surface area contributed by atoms with Crippen LogP contribution in [0.5, 0.6) is 0 Å². The summed E-state index contributed by atoms with van der Waals surface area (Å²) in [6.07, 6.45) is 2.72. The van der Waals surface area contributed by atoms with Crippen LogP contribution in [0.1, 0.15) is 5.69 Å². The molecule has 0 aromatic carbocycles. The van der Waals surface area contributed by atoms with E-state index in [2.05, 4.69) is 4.98 Å². The number of nitrogens with one attached hydrogen (secondary N) is 1. The van der Waals surface area contributed by atoms with Gasteiger partial charge in [0.2, 0.25) is 0 Å². The Labute approximate surface area is 102 Å². The van der Waals surface area contributed by atoms with Crippen molar-refractivity contribution >= 4 is 28.7 Å². The zero-order chi connectivity index (χ0) is 13.3. The smallest absolute Gasteiger partial charge is 0.328 e. The third-order valence-electron chi connectivity index (χ3n) is 1.26. The fourth-order valence-corrected chi connectivity index (χ4v) is 0.747. The van der Waals surface area contributed by atoms with E-state index in [1.165, 1.54) is 0 Å². The van der Waals surface area contributed by atoms with Crippen LogP contribution in [-0.2, 0) is 9.59 Å². The van der Waals surface area contributed by atoms with E-state index in [0.717, 1.165) is 0 Å². The molecule has 6 nitrogen and oxygen atoms in total. The molecular formula is C10H9ClN2O4. The van der Waals surface area contributed by atoms with E-state index in [1.54, 1.807) is 24.4 Å². The molecule has 7 heteroatoms. The van der Waals surface area contributed by atoms with Gasteiger partial charge in [-0.1, -0.05) is 17.7 Å². The van der Waals surface area contributed by atoms with Crippen molar-refractivity contribution < 1.29 is 19.8 Å². The lowest BCUT2D eigenvalue weighted by atomic mass is 10.4. The van der Waals surface area contributed by atoms with Gasteiger partial charge in [-0.2, -0.15) is 0 Å². The Morgan fingerprint density at radius 3 is 2.00 bits per heavy atom. The first-order valence-electron chi connectivity index (χ1n) is 4.23. The number of aliphatic carboxylic acids is 2. The third kappa shape index (κ3) is 8.76. The Kier molecular flexibility index (Phi) is 6.96. The van der Waals surface area contributed by atoms with E-state index in [1.807, 2.05) is 0 Å². The lowest BCUT2D eigenvalue weighted by Crippen LogP contribution is -1.91. The average Bonchev–Trinajstić information content (AvgIpc) is 2.28. The monoisotopic (exact) mass is 256 g/mol. The summed E-state index contributed by atoms with van der Waals surface area (Å²) in [7, 11) is 0. The van der Waals surface area contributed by atoms with E-state index in [-0.39, 0.29) is 5.17 Å². The number of rotatable bonds is 3. The molecule has 3 N–H and O–H groups in total. The van der Waals surface area contributed by atoms with Gasteiger partial charge in [0.25, 0.3) is 0 Å². The Balaban J connectivity index is 0.000000304. The van der Waals surface area contributed by atoms with Crippen molar-refractivity contribution in [1.82, 2.24) is 4.98 Å². The van der Waals surface area contributed by atoms with Crippen LogP contribution in [-0.4, -0.2) is 32.3 Å². The van der Waals surface area contributed by atoms with Crippen molar-refractivity contribution in [1.29, 1.82) is 5.41 Å². The lowest BCUT2D eigenvalue weighted by molar-refractivity contribution is -0.134. The molecule has 0 spiro atoms. The first-order valence-corrected chi connectivity index (χ1v) is 4.60. The predicted octanol–water partition coefficient (Wildman–Crippen LogP) is 1.36. The van der Waals surface area contributed by atoms with Gasteiger partial charge < -0.3 is 10.2 Å². The van der Waals surface area contributed by atoms with E-state index < -0.39 is 11.9 Å². The van der Waals surface area contributed by atoms with Crippen LogP contribution in [0.3, 0.4) is 0 Å².